The van der Waals surface area contributed by atoms with Crippen LogP contribution >= 0.6 is 11.6 Å². The molecule has 1 aliphatic carbocycles. The van der Waals surface area contributed by atoms with E-state index >= 15 is 0 Å². The van der Waals surface area contributed by atoms with Crippen molar-refractivity contribution in [1.29, 1.82) is 0 Å². The van der Waals surface area contributed by atoms with Gasteiger partial charge in [0.1, 0.15) is 6.17 Å². The van der Waals surface area contributed by atoms with Crippen LogP contribution in [0, 0.1) is 5.92 Å². The summed E-state index contributed by atoms with van der Waals surface area (Å²) in [6, 6.07) is 8.15. The van der Waals surface area contributed by atoms with Crippen LogP contribution in [0.15, 0.2) is 24.3 Å². The lowest BCUT2D eigenvalue weighted by molar-refractivity contribution is -0.134. The van der Waals surface area contributed by atoms with E-state index in [4.69, 9.17) is 11.6 Å². The van der Waals surface area contributed by atoms with E-state index in [2.05, 4.69) is 24.1 Å². The number of rotatable bonds is 3. The van der Waals surface area contributed by atoms with Crippen LogP contribution in [0.3, 0.4) is 0 Å². The van der Waals surface area contributed by atoms with Crippen LogP contribution in [-0.4, -0.2) is 22.9 Å². The molecular formula is C16H21ClN2O. The van der Waals surface area contributed by atoms with Crippen molar-refractivity contribution in [3.63, 3.8) is 0 Å². The third kappa shape index (κ3) is 2.33. The van der Waals surface area contributed by atoms with Gasteiger partial charge in [0.05, 0.1) is 6.04 Å². The predicted molar refractivity (Wildman–Crippen MR) is 80.4 cm³/mol. The Kier molecular flexibility index (Phi) is 3.74. The first-order valence-electron chi connectivity index (χ1n) is 7.41. The number of carbonyl (C=O) groups is 1. The average molecular weight is 293 g/mol. The van der Waals surface area contributed by atoms with E-state index in [1.54, 1.807) is 0 Å². The molecular weight excluding hydrogens is 272 g/mol. The molecule has 3 rings (SSSR count). The van der Waals surface area contributed by atoms with Crippen molar-refractivity contribution in [2.75, 3.05) is 0 Å². The summed E-state index contributed by atoms with van der Waals surface area (Å²) < 4.78 is 0. The van der Waals surface area contributed by atoms with Gasteiger partial charge in [0, 0.05) is 11.1 Å². The first kappa shape index (κ1) is 13.9. The second kappa shape index (κ2) is 5.38. The highest BCUT2D eigenvalue weighted by Crippen LogP contribution is 2.36. The van der Waals surface area contributed by atoms with Crippen LogP contribution in [-0.2, 0) is 4.79 Å². The molecule has 2 atom stereocenters. The van der Waals surface area contributed by atoms with Crippen LogP contribution < -0.4 is 5.32 Å². The largest absolute Gasteiger partial charge is 0.319 e. The fourth-order valence-electron chi connectivity index (χ4n) is 3.04. The van der Waals surface area contributed by atoms with Crippen molar-refractivity contribution in [3.05, 3.63) is 34.9 Å². The monoisotopic (exact) mass is 292 g/mol. The van der Waals surface area contributed by atoms with E-state index in [1.165, 1.54) is 6.42 Å². The molecule has 1 saturated heterocycles. The molecule has 0 radical (unpaired) electrons. The summed E-state index contributed by atoms with van der Waals surface area (Å²) in [6.07, 6.45) is 3.48. The number of carbonyl (C=O) groups excluding carboxylic acids is 1. The highest BCUT2D eigenvalue weighted by Gasteiger charge is 2.45. The van der Waals surface area contributed by atoms with E-state index in [0.29, 0.717) is 12.0 Å². The Morgan fingerprint density at radius 1 is 1.25 bits per heavy atom. The Balaban J connectivity index is 1.90. The zero-order valence-corrected chi connectivity index (χ0v) is 12.7. The molecule has 4 heteroatoms. The van der Waals surface area contributed by atoms with Crippen LogP contribution in [0.2, 0.25) is 5.02 Å². The third-order valence-electron chi connectivity index (χ3n) is 4.46. The summed E-state index contributed by atoms with van der Waals surface area (Å²) >= 11 is 5.96. The minimum atomic E-state index is -0.0729. The second-order valence-corrected chi connectivity index (χ2v) is 6.61. The van der Waals surface area contributed by atoms with Gasteiger partial charge >= 0.3 is 0 Å². The standard InChI is InChI=1S/C16H21ClN2O/c1-10(2)14-16(20)19(13-4-3-5-13)15(18-14)11-6-8-12(17)9-7-11/h6-10,13-15,18H,3-5H2,1-2H3. The summed E-state index contributed by atoms with van der Waals surface area (Å²) in [4.78, 5) is 14.7. The molecule has 0 aromatic heterocycles. The predicted octanol–water partition coefficient (Wildman–Crippen LogP) is 3.35. The van der Waals surface area contributed by atoms with Crippen molar-refractivity contribution in [3.8, 4) is 0 Å². The molecule has 1 N–H and O–H groups in total. The molecule has 2 aliphatic rings. The molecule has 0 bridgehead atoms. The summed E-state index contributed by atoms with van der Waals surface area (Å²) in [5.41, 5.74) is 1.12. The summed E-state index contributed by atoms with van der Waals surface area (Å²) in [6.45, 7) is 4.19. The molecule has 1 saturated carbocycles. The zero-order chi connectivity index (χ0) is 14.3. The zero-order valence-electron chi connectivity index (χ0n) is 12.0. The van der Waals surface area contributed by atoms with Gasteiger partial charge < -0.3 is 4.90 Å². The number of nitrogens with zero attached hydrogens (tertiary/aromatic N) is 1. The van der Waals surface area contributed by atoms with Gasteiger partial charge in [-0.05, 0) is 42.9 Å². The third-order valence-corrected chi connectivity index (χ3v) is 4.71. The molecule has 20 heavy (non-hydrogen) atoms. The number of hydrogen-bond donors (Lipinski definition) is 1. The van der Waals surface area contributed by atoms with Gasteiger partial charge in [-0.2, -0.15) is 0 Å². The van der Waals surface area contributed by atoms with E-state index < -0.39 is 0 Å². The molecule has 1 amide bonds. The fourth-order valence-corrected chi connectivity index (χ4v) is 3.17. The summed E-state index contributed by atoms with van der Waals surface area (Å²) in [5, 5.41) is 4.24. The second-order valence-electron chi connectivity index (χ2n) is 6.17. The Hall–Kier alpha value is -1.06. The fraction of sp³-hybridized carbons (Fsp3) is 0.562. The normalized spacial score (nSPS) is 27.2. The maximum Gasteiger partial charge on any atom is 0.241 e. The van der Waals surface area contributed by atoms with E-state index in [-0.39, 0.29) is 18.1 Å². The lowest BCUT2D eigenvalue weighted by Gasteiger charge is -2.38. The molecule has 1 heterocycles. The van der Waals surface area contributed by atoms with Crippen molar-refractivity contribution in [2.45, 2.75) is 51.4 Å². The molecule has 1 aromatic carbocycles. The van der Waals surface area contributed by atoms with E-state index in [9.17, 15) is 4.79 Å². The molecule has 2 unspecified atom stereocenters. The smallest absolute Gasteiger partial charge is 0.241 e. The molecule has 108 valence electrons. The number of benzene rings is 1. The highest BCUT2D eigenvalue weighted by atomic mass is 35.5. The van der Waals surface area contributed by atoms with Crippen LogP contribution in [0.4, 0.5) is 0 Å². The van der Waals surface area contributed by atoms with Crippen LogP contribution in [0.1, 0.15) is 44.8 Å². The van der Waals surface area contributed by atoms with Gasteiger partial charge in [-0.1, -0.05) is 37.6 Å². The summed E-state index contributed by atoms with van der Waals surface area (Å²) in [5.74, 6) is 0.562. The highest BCUT2D eigenvalue weighted by molar-refractivity contribution is 6.30. The van der Waals surface area contributed by atoms with Gasteiger partial charge in [-0.25, -0.2) is 0 Å². The Bertz CT molecular complexity index is 496. The van der Waals surface area contributed by atoms with Gasteiger partial charge in [0.25, 0.3) is 0 Å². The molecule has 0 spiro atoms. The Morgan fingerprint density at radius 3 is 2.40 bits per heavy atom. The van der Waals surface area contributed by atoms with E-state index in [1.807, 2.05) is 24.3 Å². The number of halogens is 1. The molecule has 3 nitrogen and oxygen atoms in total. The Labute approximate surface area is 125 Å². The van der Waals surface area contributed by atoms with Crippen LogP contribution in [0.25, 0.3) is 0 Å². The van der Waals surface area contributed by atoms with Crippen molar-refractivity contribution in [1.82, 2.24) is 10.2 Å². The first-order chi connectivity index (χ1) is 9.58. The Morgan fingerprint density at radius 2 is 1.90 bits per heavy atom. The first-order valence-corrected chi connectivity index (χ1v) is 7.79. The number of amides is 1. The maximum atomic E-state index is 12.7. The quantitative estimate of drug-likeness (QED) is 0.926. The van der Waals surface area contributed by atoms with Gasteiger partial charge in [-0.3, -0.25) is 10.1 Å². The minimum absolute atomic E-state index is 0.00235. The topological polar surface area (TPSA) is 32.3 Å². The molecule has 1 aliphatic heterocycles. The van der Waals surface area contributed by atoms with Gasteiger partial charge in [0.15, 0.2) is 0 Å². The molecule has 2 fully saturated rings. The van der Waals surface area contributed by atoms with Gasteiger partial charge in [0.2, 0.25) is 5.91 Å². The summed E-state index contributed by atoms with van der Waals surface area (Å²) in [7, 11) is 0. The number of hydrogen-bond acceptors (Lipinski definition) is 2. The van der Waals surface area contributed by atoms with E-state index in [0.717, 1.165) is 23.4 Å². The van der Waals surface area contributed by atoms with Gasteiger partial charge in [-0.15, -0.1) is 0 Å². The SMILES string of the molecule is CC(C)C1NC(c2ccc(Cl)cc2)N(C2CCC2)C1=O. The van der Waals surface area contributed by atoms with Crippen molar-refractivity contribution in [2.24, 2.45) is 5.92 Å². The van der Waals surface area contributed by atoms with Crippen molar-refractivity contribution < 1.29 is 4.79 Å². The minimum Gasteiger partial charge on any atom is -0.319 e. The van der Waals surface area contributed by atoms with Crippen molar-refractivity contribution >= 4 is 17.5 Å². The molecule has 1 aromatic rings. The van der Waals surface area contributed by atoms with Crippen LogP contribution in [0.5, 0.6) is 0 Å². The maximum absolute atomic E-state index is 12.7. The number of nitrogens with one attached hydrogen (secondary N) is 1. The lowest BCUT2D eigenvalue weighted by Crippen LogP contribution is -2.44. The average Bonchev–Trinajstić information content (AvgIpc) is 2.67. The lowest BCUT2D eigenvalue weighted by atomic mass is 9.90.